The predicted molar refractivity (Wildman–Crippen MR) is 93.8 cm³/mol. The summed E-state index contributed by atoms with van der Waals surface area (Å²) in [5.41, 5.74) is 0.785. The van der Waals surface area contributed by atoms with Gasteiger partial charge in [-0.3, -0.25) is 9.59 Å². The van der Waals surface area contributed by atoms with Gasteiger partial charge in [-0.05, 0) is 36.2 Å². The minimum Gasteiger partial charge on any atom is -0.504 e. The topological polar surface area (TPSA) is 94.2 Å². The zero-order chi connectivity index (χ0) is 18.7. The number of phenolic OH excluding ortho intramolecular Hbond substituents is 2. The average Bonchev–Trinajstić information content (AvgIpc) is 3.18. The van der Waals surface area contributed by atoms with Gasteiger partial charge in [-0.2, -0.15) is 0 Å². The number of benzene rings is 1. The Hall–Kier alpha value is -2.96. The summed E-state index contributed by atoms with van der Waals surface area (Å²) in [5, 5.41) is 18.9. The van der Waals surface area contributed by atoms with Crippen LogP contribution in [0.25, 0.3) is 0 Å². The molecule has 0 aliphatic carbocycles. The molecule has 2 aromatic rings. The fourth-order valence-electron chi connectivity index (χ4n) is 3.13. The normalized spacial score (nSPS) is 15.7. The van der Waals surface area contributed by atoms with Crippen molar-refractivity contribution in [1.29, 1.82) is 0 Å². The van der Waals surface area contributed by atoms with Gasteiger partial charge in [0.25, 0.3) is 5.91 Å². The van der Waals surface area contributed by atoms with E-state index in [1.807, 2.05) is 6.92 Å². The highest BCUT2D eigenvalue weighted by Crippen LogP contribution is 2.26. The van der Waals surface area contributed by atoms with E-state index in [0.717, 1.165) is 5.56 Å². The molecule has 3 rings (SSSR count). The molecular weight excluding hydrogens is 336 g/mol. The fourth-order valence-corrected chi connectivity index (χ4v) is 3.13. The molecule has 2 N–H and O–H groups in total. The van der Waals surface area contributed by atoms with Crippen LogP contribution in [0.1, 0.15) is 23.0 Å². The number of hydrogen-bond donors (Lipinski definition) is 2. The molecule has 7 heteroatoms. The zero-order valence-corrected chi connectivity index (χ0v) is 14.6. The third-order valence-electron chi connectivity index (χ3n) is 4.61. The van der Waals surface area contributed by atoms with Crippen molar-refractivity contribution < 1.29 is 24.2 Å². The maximum absolute atomic E-state index is 12.7. The molecule has 7 nitrogen and oxygen atoms in total. The van der Waals surface area contributed by atoms with Crippen molar-refractivity contribution in [2.45, 2.75) is 13.3 Å². The van der Waals surface area contributed by atoms with Gasteiger partial charge in [0.05, 0.1) is 6.26 Å². The van der Waals surface area contributed by atoms with Gasteiger partial charge in [0, 0.05) is 32.1 Å². The molecular formula is C19H22N2O5. The van der Waals surface area contributed by atoms with Crippen LogP contribution in [-0.2, 0) is 11.2 Å². The number of carbonyl (C=O) groups excluding carboxylic acids is 2. The van der Waals surface area contributed by atoms with E-state index in [0.29, 0.717) is 38.4 Å². The Morgan fingerprint density at radius 2 is 1.77 bits per heavy atom. The lowest BCUT2D eigenvalue weighted by Gasteiger charge is -2.35. The van der Waals surface area contributed by atoms with Crippen molar-refractivity contribution in [2.24, 2.45) is 5.92 Å². The number of nitrogens with zero attached hydrogens (tertiary/aromatic N) is 2. The van der Waals surface area contributed by atoms with E-state index in [-0.39, 0.29) is 29.2 Å². The molecule has 1 aromatic carbocycles. The third kappa shape index (κ3) is 3.82. The molecule has 1 unspecified atom stereocenters. The second kappa shape index (κ2) is 7.51. The van der Waals surface area contributed by atoms with Gasteiger partial charge < -0.3 is 24.4 Å². The maximum atomic E-state index is 12.7. The standard InChI is InChI=1S/C19H22N2O5/c1-13(11-14-4-5-15(22)16(23)12-14)18(24)20-6-8-21(9-7-20)19(25)17-3-2-10-26-17/h2-5,10,12-13,22-23H,6-9,11H2,1H3. The highest BCUT2D eigenvalue weighted by Gasteiger charge is 2.28. The molecule has 1 aromatic heterocycles. The monoisotopic (exact) mass is 358 g/mol. The van der Waals surface area contributed by atoms with Crippen LogP contribution in [0, 0.1) is 5.92 Å². The Labute approximate surface area is 151 Å². The Balaban J connectivity index is 1.54. The van der Waals surface area contributed by atoms with Crippen LogP contribution >= 0.6 is 0 Å². The number of piperazine rings is 1. The summed E-state index contributed by atoms with van der Waals surface area (Å²) in [6.07, 6.45) is 1.94. The Bertz CT molecular complexity index is 779. The number of aromatic hydroxyl groups is 2. The Kier molecular flexibility index (Phi) is 5.16. The number of phenols is 2. The molecule has 1 fully saturated rings. The van der Waals surface area contributed by atoms with Gasteiger partial charge in [-0.25, -0.2) is 0 Å². The lowest BCUT2D eigenvalue weighted by Crippen LogP contribution is -2.51. The number of carbonyl (C=O) groups is 2. The first-order valence-electron chi connectivity index (χ1n) is 8.58. The lowest BCUT2D eigenvalue weighted by atomic mass is 9.99. The maximum Gasteiger partial charge on any atom is 0.289 e. The van der Waals surface area contributed by atoms with Gasteiger partial charge in [0.2, 0.25) is 5.91 Å². The van der Waals surface area contributed by atoms with Crippen molar-refractivity contribution >= 4 is 11.8 Å². The molecule has 1 atom stereocenters. The first-order valence-corrected chi connectivity index (χ1v) is 8.58. The molecule has 1 aliphatic heterocycles. The summed E-state index contributed by atoms with van der Waals surface area (Å²) in [7, 11) is 0. The van der Waals surface area contributed by atoms with E-state index in [9.17, 15) is 19.8 Å². The van der Waals surface area contributed by atoms with Crippen LogP contribution in [0.15, 0.2) is 41.0 Å². The van der Waals surface area contributed by atoms with Crippen molar-refractivity contribution in [3.05, 3.63) is 47.9 Å². The molecule has 26 heavy (non-hydrogen) atoms. The van der Waals surface area contributed by atoms with E-state index >= 15 is 0 Å². The number of hydrogen-bond acceptors (Lipinski definition) is 5. The molecule has 138 valence electrons. The van der Waals surface area contributed by atoms with E-state index in [2.05, 4.69) is 0 Å². The van der Waals surface area contributed by atoms with Crippen LogP contribution in [0.3, 0.4) is 0 Å². The first kappa shape index (κ1) is 17.8. The second-order valence-corrected chi connectivity index (χ2v) is 6.52. The molecule has 0 spiro atoms. The van der Waals surface area contributed by atoms with Gasteiger partial charge in [0.1, 0.15) is 0 Å². The molecule has 2 amide bonds. The second-order valence-electron chi connectivity index (χ2n) is 6.52. The van der Waals surface area contributed by atoms with E-state index in [4.69, 9.17) is 4.42 Å². The fraction of sp³-hybridized carbons (Fsp3) is 0.368. The van der Waals surface area contributed by atoms with Crippen molar-refractivity contribution in [3.8, 4) is 11.5 Å². The van der Waals surface area contributed by atoms with Crippen molar-refractivity contribution in [3.63, 3.8) is 0 Å². The molecule has 1 aliphatic rings. The predicted octanol–water partition coefficient (Wildman–Crippen LogP) is 1.85. The minimum absolute atomic E-state index is 0.0164. The van der Waals surface area contributed by atoms with Crippen LogP contribution in [0.2, 0.25) is 0 Å². The highest BCUT2D eigenvalue weighted by atomic mass is 16.3. The summed E-state index contributed by atoms with van der Waals surface area (Å²) in [4.78, 5) is 28.4. The van der Waals surface area contributed by atoms with Gasteiger partial charge in [-0.15, -0.1) is 0 Å². The molecule has 0 bridgehead atoms. The summed E-state index contributed by atoms with van der Waals surface area (Å²) in [5.74, 6) is -0.453. The highest BCUT2D eigenvalue weighted by molar-refractivity contribution is 5.91. The van der Waals surface area contributed by atoms with E-state index in [1.54, 1.807) is 28.0 Å². The smallest absolute Gasteiger partial charge is 0.289 e. The number of amides is 2. The van der Waals surface area contributed by atoms with Crippen LogP contribution in [-0.4, -0.2) is 58.0 Å². The Morgan fingerprint density at radius 1 is 1.08 bits per heavy atom. The van der Waals surface area contributed by atoms with Crippen LogP contribution < -0.4 is 0 Å². The summed E-state index contributed by atoms with van der Waals surface area (Å²) in [6, 6.07) is 7.89. The first-order chi connectivity index (χ1) is 12.5. The molecule has 2 heterocycles. The zero-order valence-electron chi connectivity index (χ0n) is 14.6. The van der Waals surface area contributed by atoms with Gasteiger partial charge in [0.15, 0.2) is 17.3 Å². The SMILES string of the molecule is CC(Cc1ccc(O)c(O)c1)C(=O)N1CCN(C(=O)c2ccco2)CC1. The van der Waals surface area contributed by atoms with E-state index in [1.165, 1.54) is 18.4 Å². The summed E-state index contributed by atoms with van der Waals surface area (Å²) in [6.45, 7) is 3.75. The summed E-state index contributed by atoms with van der Waals surface area (Å²) >= 11 is 0. The lowest BCUT2D eigenvalue weighted by molar-refractivity contribution is -0.136. The Morgan fingerprint density at radius 3 is 2.38 bits per heavy atom. The van der Waals surface area contributed by atoms with Crippen LogP contribution in [0.5, 0.6) is 11.5 Å². The van der Waals surface area contributed by atoms with Crippen molar-refractivity contribution in [1.82, 2.24) is 9.80 Å². The van der Waals surface area contributed by atoms with Crippen LogP contribution in [0.4, 0.5) is 0 Å². The quantitative estimate of drug-likeness (QED) is 0.814. The number of rotatable bonds is 4. The molecule has 1 saturated heterocycles. The summed E-state index contributed by atoms with van der Waals surface area (Å²) < 4.78 is 5.14. The van der Waals surface area contributed by atoms with E-state index < -0.39 is 0 Å². The largest absolute Gasteiger partial charge is 0.504 e. The van der Waals surface area contributed by atoms with Gasteiger partial charge >= 0.3 is 0 Å². The minimum atomic E-state index is -0.258. The van der Waals surface area contributed by atoms with Crippen molar-refractivity contribution in [2.75, 3.05) is 26.2 Å². The van der Waals surface area contributed by atoms with Gasteiger partial charge in [-0.1, -0.05) is 13.0 Å². The number of furan rings is 1. The molecule has 0 radical (unpaired) electrons. The average molecular weight is 358 g/mol. The molecule has 0 saturated carbocycles. The third-order valence-corrected chi connectivity index (χ3v) is 4.61.